The van der Waals surface area contributed by atoms with Crippen molar-refractivity contribution < 1.29 is 15.0 Å². The summed E-state index contributed by atoms with van der Waals surface area (Å²) < 4.78 is 0. The number of hydrogen-bond donors (Lipinski definition) is 3. The van der Waals surface area contributed by atoms with Crippen molar-refractivity contribution in [2.45, 2.75) is 40.5 Å². The zero-order valence-corrected chi connectivity index (χ0v) is 10.3. The molecule has 0 aromatic rings. The molecule has 4 N–H and O–H groups in total. The molecular weight excluding hydrogens is 194 g/mol. The Hall–Kier alpha value is -0.610. The van der Waals surface area contributed by atoms with Crippen LogP contribution in [0.1, 0.15) is 40.5 Å². The fourth-order valence-corrected chi connectivity index (χ4v) is 0.773. The van der Waals surface area contributed by atoms with E-state index in [0.29, 0.717) is 18.9 Å². The van der Waals surface area contributed by atoms with Crippen molar-refractivity contribution in [2.75, 3.05) is 13.2 Å². The van der Waals surface area contributed by atoms with Crippen LogP contribution in [-0.4, -0.2) is 29.3 Å². The summed E-state index contributed by atoms with van der Waals surface area (Å²) in [6.45, 7) is 8.99. The first-order chi connectivity index (χ1) is 6.75. The van der Waals surface area contributed by atoms with Crippen molar-refractivity contribution in [1.82, 2.24) is 0 Å². The standard InChI is InChI=1S/C9H18O2.C2H7NO/c1-7(9(2,3)4)5-6-8(10)11;3-1-2-4/h7H,5-6H2,1-4H3,(H,10,11);4H,1-3H2. The predicted molar refractivity (Wildman–Crippen MR) is 61.6 cm³/mol. The molecule has 92 valence electrons. The van der Waals surface area contributed by atoms with E-state index >= 15 is 0 Å². The lowest BCUT2D eigenvalue weighted by molar-refractivity contribution is -0.137. The van der Waals surface area contributed by atoms with Crippen molar-refractivity contribution in [3.05, 3.63) is 0 Å². The summed E-state index contributed by atoms with van der Waals surface area (Å²) in [6.07, 6.45) is 1.07. The molecule has 0 radical (unpaired) electrons. The van der Waals surface area contributed by atoms with E-state index < -0.39 is 5.97 Å². The quantitative estimate of drug-likeness (QED) is 0.668. The van der Waals surface area contributed by atoms with Crippen LogP contribution in [0.5, 0.6) is 0 Å². The Bertz CT molecular complexity index is 162. The minimum absolute atomic E-state index is 0.0972. The largest absolute Gasteiger partial charge is 0.481 e. The van der Waals surface area contributed by atoms with Crippen LogP contribution in [0.3, 0.4) is 0 Å². The summed E-state index contributed by atoms with van der Waals surface area (Å²) in [7, 11) is 0. The smallest absolute Gasteiger partial charge is 0.303 e. The van der Waals surface area contributed by atoms with E-state index in [-0.39, 0.29) is 12.0 Å². The number of carbonyl (C=O) groups is 1. The number of carboxylic acids is 1. The summed E-state index contributed by atoms with van der Waals surface area (Å²) in [6, 6.07) is 0. The molecule has 4 heteroatoms. The van der Waals surface area contributed by atoms with Crippen molar-refractivity contribution >= 4 is 5.97 Å². The molecule has 0 bridgehead atoms. The first-order valence-electron chi connectivity index (χ1n) is 5.28. The summed E-state index contributed by atoms with van der Waals surface area (Å²) in [5, 5.41) is 16.2. The molecule has 0 aliphatic heterocycles. The Kier molecular flexibility index (Phi) is 9.72. The van der Waals surface area contributed by atoms with Crippen molar-refractivity contribution in [3.8, 4) is 0 Å². The van der Waals surface area contributed by atoms with Crippen LogP contribution >= 0.6 is 0 Å². The van der Waals surface area contributed by atoms with E-state index in [4.69, 9.17) is 15.9 Å². The van der Waals surface area contributed by atoms with Crippen LogP contribution in [-0.2, 0) is 4.79 Å². The Labute approximate surface area is 92.5 Å². The van der Waals surface area contributed by atoms with Crippen LogP contribution in [0.25, 0.3) is 0 Å². The molecule has 0 heterocycles. The van der Waals surface area contributed by atoms with Gasteiger partial charge in [-0.3, -0.25) is 4.79 Å². The summed E-state index contributed by atoms with van der Waals surface area (Å²) in [5.41, 5.74) is 5.01. The highest BCUT2D eigenvalue weighted by Gasteiger charge is 2.20. The van der Waals surface area contributed by atoms with Gasteiger partial charge in [0.15, 0.2) is 0 Å². The second kappa shape index (κ2) is 8.68. The zero-order chi connectivity index (χ0) is 12.5. The van der Waals surface area contributed by atoms with Gasteiger partial charge in [0.25, 0.3) is 0 Å². The highest BCUT2D eigenvalue weighted by molar-refractivity contribution is 5.66. The first kappa shape index (κ1) is 16.8. The lowest BCUT2D eigenvalue weighted by atomic mass is 9.79. The third-order valence-corrected chi connectivity index (χ3v) is 2.40. The maximum absolute atomic E-state index is 10.2. The lowest BCUT2D eigenvalue weighted by Gasteiger charge is -2.26. The van der Waals surface area contributed by atoms with Gasteiger partial charge < -0.3 is 15.9 Å². The van der Waals surface area contributed by atoms with E-state index in [0.717, 1.165) is 6.42 Å². The number of carboxylic acid groups (broad SMARTS) is 1. The second-order valence-corrected chi connectivity index (χ2v) is 4.71. The fourth-order valence-electron chi connectivity index (χ4n) is 0.773. The van der Waals surface area contributed by atoms with Gasteiger partial charge >= 0.3 is 5.97 Å². The zero-order valence-electron chi connectivity index (χ0n) is 10.3. The molecule has 1 atom stereocenters. The molecule has 1 unspecified atom stereocenters. The Balaban J connectivity index is 0. The van der Waals surface area contributed by atoms with Gasteiger partial charge in [-0.2, -0.15) is 0 Å². The van der Waals surface area contributed by atoms with Crippen molar-refractivity contribution in [1.29, 1.82) is 0 Å². The Morgan fingerprint density at radius 1 is 1.40 bits per heavy atom. The highest BCUT2D eigenvalue weighted by atomic mass is 16.4. The van der Waals surface area contributed by atoms with Crippen LogP contribution in [0.4, 0.5) is 0 Å². The molecule has 0 aromatic heterocycles. The number of nitrogens with two attached hydrogens (primary N) is 1. The predicted octanol–water partition coefficient (Wildman–Crippen LogP) is 1.47. The van der Waals surface area contributed by atoms with E-state index in [1.54, 1.807) is 0 Å². The topological polar surface area (TPSA) is 83.5 Å². The number of aliphatic hydroxyl groups is 1. The highest BCUT2D eigenvalue weighted by Crippen LogP contribution is 2.28. The van der Waals surface area contributed by atoms with Gasteiger partial charge in [0.1, 0.15) is 0 Å². The molecule has 0 saturated heterocycles. The van der Waals surface area contributed by atoms with Gasteiger partial charge in [-0.15, -0.1) is 0 Å². The van der Waals surface area contributed by atoms with Crippen LogP contribution < -0.4 is 5.73 Å². The van der Waals surface area contributed by atoms with Gasteiger partial charge in [-0.25, -0.2) is 0 Å². The van der Waals surface area contributed by atoms with Gasteiger partial charge in [-0.1, -0.05) is 27.7 Å². The summed E-state index contributed by atoms with van der Waals surface area (Å²) in [4.78, 5) is 10.2. The average Bonchev–Trinajstić information content (AvgIpc) is 2.13. The Morgan fingerprint density at radius 2 is 1.80 bits per heavy atom. The molecule has 0 aromatic carbocycles. The monoisotopic (exact) mass is 219 g/mol. The minimum Gasteiger partial charge on any atom is -0.481 e. The number of aliphatic hydroxyl groups excluding tert-OH is 1. The minimum atomic E-state index is -0.693. The summed E-state index contributed by atoms with van der Waals surface area (Å²) >= 11 is 0. The molecule has 0 aliphatic carbocycles. The van der Waals surface area contributed by atoms with E-state index in [2.05, 4.69) is 27.7 Å². The number of hydrogen-bond acceptors (Lipinski definition) is 3. The van der Waals surface area contributed by atoms with Crippen molar-refractivity contribution in [2.24, 2.45) is 17.1 Å². The molecular formula is C11H25NO3. The molecule has 15 heavy (non-hydrogen) atoms. The van der Waals surface area contributed by atoms with Gasteiger partial charge in [0.05, 0.1) is 6.61 Å². The second-order valence-electron chi connectivity index (χ2n) is 4.71. The fraction of sp³-hybridized carbons (Fsp3) is 0.909. The van der Waals surface area contributed by atoms with Gasteiger partial charge in [0, 0.05) is 13.0 Å². The lowest BCUT2D eigenvalue weighted by Crippen LogP contribution is -2.18. The number of aliphatic carboxylic acids is 1. The maximum atomic E-state index is 10.2. The van der Waals surface area contributed by atoms with E-state index in [9.17, 15) is 4.79 Å². The third kappa shape index (κ3) is 13.4. The first-order valence-corrected chi connectivity index (χ1v) is 5.28. The van der Waals surface area contributed by atoms with Gasteiger partial charge in [0.2, 0.25) is 0 Å². The molecule has 0 spiro atoms. The van der Waals surface area contributed by atoms with Crippen LogP contribution in [0, 0.1) is 11.3 Å². The molecule has 0 saturated carbocycles. The molecule has 4 nitrogen and oxygen atoms in total. The van der Waals surface area contributed by atoms with Gasteiger partial charge in [-0.05, 0) is 17.8 Å². The van der Waals surface area contributed by atoms with Crippen LogP contribution in [0.15, 0.2) is 0 Å². The molecule has 0 amide bonds. The number of rotatable bonds is 4. The third-order valence-electron chi connectivity index (χ3n) is 2.40. The normalized spacial score (nSPS) is 12.7. The summed E-state index contributed by atoms with van der Waals surface area (Å²) in [5.74, 6) is -0.222. The van der Waals surface area contributed by atoms with Crippen LogP contribution in [0.2, 0.25) is 0 Å². The SMILES string of the molecule is CC(CCC(=O)O)C(C)(C)C.NCCO. The van der Waals surface area contributed by atoms with E-state index in [1.807, 2.05) is 0 Å². The van der Waals surface area contributed by atoms with Crippen molar-refractivity contribution in [3.63, 3.8) is 0 Å². The average molecular weight is 219 g/mol. The Morgan fingerprint density at radius 3 is 2.00 bits per heavy atom. The maximum Gasteiger partial charge on any atom is 0.303 e. The molecule has 0 aliphatic rings. The van der Waals surface area contributed by atoms with E-state index in [1.165, 1.54) is 0 Å². The molecule has 0 rings (SSSR count). The molecule has 0 fully saturated rings.